The highest BCUT2D eigenvalue weighted by Crippen LogP contribution is 2.19. The SMILES string of the molecule is C=CCN(C)CCCOCC1CCN(C(=O)Cc2ccc(Cl)cc2)CC1. The molecule has 0 aliphatic carbocycles. The smallest absolute Gasteiger partial charge is 0.226 e. The zero-order valence-electron chi connectivity index (χ0n) is 15.8. The number of hydrogen-bond acceptors (Lipinski definition) is 3. The van der Waals surface area contributed by atoms with Crippen molar-refractivity contribution in [2.45, 2.75) is 25.7 Å². The highest BCUT2D eigenvalue weighted by Gasteiger charge is 2.22. The number of likely N-dealkylation sites (tertiary alicyclic amines) is 1. The zero-order valence-corrected chi connectivity index (χ0v) is 16.6. The van der Waals surface area contributed by atoms with Gasteiger partial charge in [-0.25, -0.2) is 0 Å². The Bertz CT molecular complexity index is 554. The molecule has 1 aromatic rings. The molecule has 4 nitrogen and oxygen atoms in total. The Morgan fingerprint density at radius 3 is 2.69 bits per heavy atom. The van der Waals surface area contributed by atoms with Gasteiger partial charge in [-0.2, -0.15) is 0 Å². The summed E-state index contributed by atoms with van der Waals surface area (Å²) in [6.07, 6.45) is 5.48. The maximum Gasteiger partial charge on any atom is 0.226 e. The zero-order chi connectivity index (χ0) is 18.8. The van der Waals surface area contributed by atoms with Gasteiger partial charge < -0.3 is 14.5 Å². The minimum Gasteiger partial charge on any atom is -0.381 e. The number of piperidine rings is 1. The molecule has 0 radical (unpaired) electrons. The molecule has 1 saturated heterocycles. The average Bonchev–Trinajstić information content (AvgIpc) is 2.64. The Hall–Kier alpha value is -1.36. The lowest BCUT2D eigenvalue weighted by molar-refractivity contribution is -0.132. The maximum atomic E-state index is 12.4. The largest absolute Gasteiger partial charge is 0.381 e. The Morgan fingerprint density at radius 1 is 1.35 bits per heavy atom. The van der Waals surface area contributed by atoms with Gasteiger partial charge in [-0.1, -0.05) is 29.8 Å². The van der Waals surface area contributed by atoms with Gasteiger partial charge in [0.25, 0.3) is 0 Å². The molecule has 5 heteroatoms. The number of amides is 1. The van der Waals surface area contributed by atoms with Crippen LogP contribution in [0, 0.1) is 5.92 Å². The molecule has 0 atom stereocenters. The van der Waals surface area contributed by atoms with Crippen molar-refractivity contribution in [1.29, 1.82) is 0 Å². The molecular weight excluding hydrogens is 348 g/mol. The summed E-state index contributed by atoms with van der Waals surface area (Å²) in [5, 5.41) is 0.703. The fraction of sp³-hybridized carbons (Fsp3) is 0.571. The second-order valence-corrected chi connectivity index (χ2v) is 7.54. The molecule has 0 saturated carbocycles. The van der Waals surface area contributed by atoms with Crippen LogP contribution >= 0.6 is 11.6 Å². The van der Waals surface area contributed by atoms with E-state index in [4.69, 9.17) is 16.3 Å². The third-order valence-electron chi connectivity index (χ3n) is 4.86. The number of benzene rings is 1. The Balaban J connectivity index is 1.59. The summed E-state index contributed by atoms with van der Waals surface area (Å²) in [5.41, 5.74) is 1.02. The molecule has 144 valence electrons. The molecular formula is C21H31ClN2O2. The topological polar surface area (TPSA) is 32.8 Å². The highest BCUT2D eigenvalue weighted by atomic mass is 35.5. The number of carbonyl (C=O) groups is 1. The monoisotopic (exact) mass is 378 g/mol. The van der Waals surface area contributed by atoms with Crippen molar-refractivity contribution < 1.29 is 9.53 Å². The number of rotatable bonds is 10. The van der Waals surface area contributed by atoms with Crippen LogP contribution < -0.4 is 0 Å². The second-order valence-electron chi connectivity index (χ2n) is 7.11. The van der Waals surface area contributed by atoms with E-state index in [1.54, 1.807) is 0 Å². The van der Waals surface area contributed by atoms with Crippen LogP contribution in [0.3, 0.4) is 0 Å². The summed E-state index contributed by atoms with van der Waals surface area (Å²) < 4.78 is 5.84. The van der Waals surface area contributed by atoms with Gasteiger partial charge in [0.1, 0.15) is 0 Å². The van der Waals surface area contributed by atoms with Gasteiger partial charge in [-0.3, -0.25) is 4.79 Å². The van der Waals surface area contributed by atoms with E-state index in [9.17, 15) is 4.79 Å². The first-order chi connectivity index (χ1) is 12.6. The van der Waals surface area contributed by atoms with Crippen LogP contribution in [0.2, 0.25) is 5.02 Å². The summed E-state index contributed by atoms with van der Waals surface area (Å²) in [4.78, 5) is 16.6. The van der Waals surface area contributed by atoms with Gasteiger partial charge in [0.15, 0.2) is 0 Å². The normalized spacial score (nSPS) is 15.4. The van der Waals surface area contributed by atoms with E-state index in [0.29, 0.717) is 17.4 Å². The average molecular weight is 379 g/mol. The number of carbonyl (C=O) groups excluding carboxylic acids is 1. The standard InChI is InChI=1S/C21H31ClN2O2/c1-3-11-23(2)12-4-15-26-17-19-9-13-24(14-10-19)21(25)16-18-5-7-20(22)8-6-18/h3,5-8,19H,1,4,9-17H2,2H3. The molecule has 0 bridgehead atoms. The lowest BCUT2D eigenvalue weighted by atomic mass is 9.97. The Morgan fingerprint density at radius 2 is 2.04 bits per heavy atom. The third kappa shape index (κ3) is 7.48. The summed E-state index contributed by atoms with van der Waals surface area (Å²) in [6.45, 7) is 8.98. The lowest BCUT2D eigenvalue weighted by Gasteiger charge is -2.32. The summed E-state index contributed by atoms with van der Waals surface area (Å²) in [6, 6.07) is 7.52. The minimum atomic E-state index is 0.206. The van der Waals surface area contributed by atoms with E-state index in [-0.39, 0.29) is 5.91 Å². The molecule has 1 heterocycles. The van der Waals surface area contributed by atoms with E-state index >= 15 is 0 Å². The first-order valence-electron chi connectivity index (χ1n) is 9.48. The van der Waals surface area contributed by atoms with Gasteiger partial charge in [0.2, 0.25) is 5.91 Å². The van der Waals surface area contributed by atoms with Crippen molar-refractivity contribution in [2.24, 2.45) is 5.92 Å². The van der Waals surface area contributed by atoms with Crippen LogP contribution in [0.4, 0.5) is 0 Å². The molecule has 0 N–H and O–H groups in total. The van der Waals surface area contributed by atoms with Crippen molar-refractivity contribution in [3.05, 3.63) is 47.5 Å². The predicted molar refractivity (Wildman–Crippen MR) is 108 cm³/mol. The molecule has 0 aromatic heterocycles. The number of likely N-dealkylation sites (N-methyl/N-ethyl adjacent to an activating group) is 1. The van der Waals surface area contributed by atoms with E-state index in [2.05, 4.69) is 18.5 Å². The molecule has 26 heavy (non-hydrogen) atoms. The van der Waals surface area contributed by atoms with Crippen LogP contribution in [-0.2, 0) is 16.0 Å². The maximum absolute atomic E-state index is 12.4. The molecule has 1 aliphatic heterocycles. The van der Waals surface area contributed by atoms with E-state index in [1.807, 2.05) is 35.2 Å². The number of hydrogen-bond donors (Lipinski definition) is 0. The summed E-state index contributed by atoms with van der Waals surface area (Å²) in [7, 11) is 2.10. The van der Waals surface area contributed by atoms with Crippen molar-refractivity contribution in [3.63, 3.8) is 0 Å². The van der Waals surface area contributed by atoms with E-state index in [0.717, 1.165) is 64.2 Å². The molecule has 2 rings (SSSR count). The fourth-order valence-corrected chi connectivity index (χ4v) is 3.36. The summed E-state index contributed by atoms with van der Waals surface area (Å²) >= 11 is 5.89. The van der Waals surface area contributed by atoms with Crippen LogP contribution in [0.25, 0.3) is 0 Å². The number of halogens is 1. The fourth-order valence-electron chi connectivity index (χ4n) is 3.24. The van der Waals surface area contributed by atoms with Crippen LogP contribution in [0.5, 0.6) is 0 Å². The molecule has 1 fully saturated rings. The van der Waals surface area contributed by atoms with Crippen LogP contribution in [-0.4, -0.2) is 62.1 Å². The quantitative estimate of drug-likeness (QED) is 0.460. The number of ether oxygens (including phenoxy) is 1. The van der Waals surface area contributed by atoms with Crippen LogP contribution in [0.1, 0.15) is 24.8 Å². The predicted octanol–water partition coefficient (Wildman–Crippen LogP) is 3.65. The molecule has 1 amide bonds. The van der Waals surface area contributed by atoms with Crippen molar-refractivity contribution >= 4 is 17.5 Å². The Labute approximate surface area is 162 Å². The lowest BCUT2D eigenvalue weighted by Crippen LogP contribution is -2.40. The van der Waals surface area contributed by atoms with Gasteiger partial charge in [-0.05, 0) is 49.9 Å². The first kappa shape index (κ1) is 20.9. The van der Waals surface area contributed by atoms with Gasteiger partial charge in [0.05, 0.1) is 6.42 Å². The minimum absolute atomic E-state index is 0.206. The van der Waals surface area contributed by atoms with Gasteiger partial charge >= 0.3 is 0 Å². The van der Waals surface area contributed by atoms with Gasteiger partial charge in [-0.15, -0.1) is 6.58 Å². The van der Waals surface area contributed by atoms with E-state index in [1.165, 1.54) is 0 Å². The van der Waals surface area contributed by atoms with Crippen molar-refractivity contribution in [1.82, 2.24) is 9.80 Å². The third-order valence-corrected chi connectivity index (χ3v) is 5.11. The first-order valence-corrected chi connectivity index (χ1v) is 9.85. The summed E-state index contributed by atoms with van der Waals surface area (Å²) in [5.74, 6) is 0.775. The van der Waals surface area contributed by atoms with E-state index < -0.39 is 0 Å². The van der Waals surface area contributed by atoms with Crippen molar-refractivity contribution in [2.75, 3.05) is 46.4 Å². The number of nitrogens with zero attached hydrogens (tertiary/aromatic N) is 2. The Kier molecular flexibility index (Phi) is 9.16. The molecule has 1 aliphatic rings. The second kappa shape index (κ2) is 11.4. The highest BCUT2D eigenvalue weighted by molar-refractivity contribution is 6.30. The molecule has 0 unspecified atom stereocenters. The molecule has 1 aromatic carbocycles. The van der Waals surface area contributed by atoms with Gasteiger partial charge in [0, 0.05) is 44.4 Å². The van der Waals surface area contributed by atoms with Crippen LogP contribution in [0.15, 0.2) is 36.9 Å². The molecule has 0 spiro atoms. The van der Waals surface area contributed by atoms with Crippen molar-refractivity contribution in [3.8, 4) is 0 Å².